The van der Waals surface area contributed by atoms with Crippen LogP contribution in [0.5, 0.6) is 17.2 Å². The molecule has 0 aromatic heterocycles. The largest absolute Gasteiger partial charge is 0.497 e. The van der Waals surface area contributed by atoms with Crippen molar-refractivity contribution in [2.45, 2.75) is 0 Å². The Morgan fingerprint density at radius 1 is 0.963 bits per heavy atom. The van der Waals surface area contributed by atoms with Crippen LogP contribution in [0.4, 0.5) is 5.69 Å². The van der Waals surface area contributed by atoms with Crippen molar-refractivity contribution in [2.75, 3.05) is 32.5 Å². The Hall–Kier alpha value is -2.93. The zero-order valence-electron chi connectivity index (χ0n) is 15.6. The molecule has 6 nitrogen and oxygen atoms in total. The van der Waals surface area contributed by atoms with Crippen molar-refractivity contribution in [3.05, 3.63) is 53.7 Å². The molecule has 0 bridgehead atoms. The van der Waals surface area contributed by atoms with Crippen LogP contribution in [0.1, 0.15) is 5.56 Å². The molecule has 0 spiro atoms. The molecule has 1 aliphatic heterocycles. The summed E-state index contributed by atoms with van der Waals surface area (Å²) in [6, 6.07) is 12.7. The molecule has 0 saturated carbocycles. The van der Waals surface area contributed by atoms with Gasteiger partial charge in [-0.15, -0.1) is 0 Å². The molecule has 2 aromatic rings. The van der Waals surface area contributed by atoms with E-state index in [1.54, 1.807) is 38.4 Å². The minimum atomic E-state index is -0.192. The molecular weight excluding hydrogens is 364 g/mol. The van der Waals surface area contributed by atoms with Crippen LogP contribution in [0.15, 0.2) is 53.2 Å². The van der Waals surface area contributed by atoms with Crippen molar-refractivity contribution >= 4 is 34.6 Å². The summed E-state index contributed by atoms with van der Waals surface area (Å²) in [6.45, 7) is 0. The molecule has 0 radical (unpaired) electrons. The minimum absolute atomic E-state index is 0.192. The molecule has 1 heterocycles. The zero-order chi connectivity index (χ0) is 19.4. The molecule has 140 valence electrons. The maximum atomic E-state index is 13.0. The van der Waals surface area contributed by atoms with Gasteiger partial charge >= 0.3 is 0 Å². The Bertz CT molecular complexity index is 907. The average molecular weight is 384 g/mol. The van der Waals surface area contributed by atoms with E-state index in [2.05, 4.69) is 4.99 Å². The van der Waals surface area contributed by atoms with Crippen molar-refractivity contribution in [3.63, 3.8) is 0 Å². The fourth-order valence-electron chi connectivity index (χ4n) is 2.68. The number of carbonyl (C=O) groups is 1. The maximum absolute atomic E-state index is 13.0. The van der Waals surface area contributed by atoms with Crippen LogP contribution < -0.4 is 19.1 Å². The molecular formula is C20H20N2O4S. The summed E-state index contributed by atoms with van der Waals surface area (Å²) in [5.41, 5.74) is 1.83. The molecule has 0 unspecified atom stereocenters. The predicted molar refractivity (Wildman–Crippen MR) is 109 cm³/mol. The van der Waals surface area contributed by atoms with E-state index >= 15 is 0 Å². The van der Waals surface area contributed by atoms with Crippen LogP contribution in [-0.4, -0.2) is 38.7 Å². The normalized spacial score (nSPS) is 15.1. The van der Waals surface area contributed by atoms with Crippen LogP contribution >= 0.6 is 11.8 Å². The van der Waals surface area contributed by atoms with Gasteiger partial charge in [0.05, 0.1) is 27.0 Å². The lowest BCUT2D eigenvalue weighted by molar-refractivity contribution is -0.113. The number of benzene rings is 2. The number of hydrogen-bond donors (Lipinski definition) is 0. The first-order chi connectivity index (χ1) is 13.1. The summed E-state index contributed by atoms with van der Waals surface area (Å²) < 4.78 is 15.8. The van der Waals surface area contributed by atoms with Gasteiger partial charge in [-0.2, -0.15) is 0 Å². The molecule has 0 aliphatic carbocycles. The molecule has 0 saturated heterocycles. The van der Waals surface area contributed by atoms with Crippen molar-refractivity contribution in [2.24, 2.45) is 4.99 Å². The lowest BCUT2D eigenvalue weighted by Gasteiger charge is -2.17. The highest BCUT2D eigenvalue weighted by Crippen LogP contribution is 2.32. The van der Waals surface area contributed by atoms with E-state index in [-0.39, 0.29) is 5.91 Å². The number of ether oxygens (including phenoxy) is 3. The van der Waals surface area contributed by atoms with E-state index in [1.165, 1.54) is 11.8 Å². The van der Waals surface area contributed by atoms with E-state index in [0.717, 1.165) is 17.0 Å². The first kappa shape index (κ1) is 18.8. The fraction of sp³-hybridized carbons (Fsp3) is 0.200. The van der Waals surface area contributed by atoms with Gasteiger partial charge in [-0.3, -0.25) is 9.69 Å². The van der Waals surface area contributed by atoms with Gasteiger partial charge < -0.3 is 14.2 Å². The smallest absolute Gasteiger partial charge is 0.283 e. The minimum Gasteiger partial charge on any atom is -0.497 e. The lowest BCUT2D eigenvalue weighted by atomic mass is 10.1. The Labute approximate surface area is 162 Å². The topological polar surface area (TPSA) is 60.4 Å². The molecule has 2 aromatic carbocycles. The van der Waals surface area contributed by atoms with E-state index < -0.39 is 0 Å². The number of thioether (sulfide) groups is 1. The summed E-state index contributed by atoms with van der Waals surface area (Å²) >= 11 is 1.41. The van der Waals surface area contributed by atoms with Gasteiger partial charge in [-0.1, -0.05) is 11.8 Å². The van der Waals surface area contributed by atoms with E-state index in [1.807, 2.05) is 42.7 Å². The third-order valence-electron chi connectivity index (χ3n) is 4.08. The maximum Gasteiger partial charge on any atom is 0.283 e. The van der Waals surface area contributed by atoms with E-state index in [4.69, 9.17) is 14.2 Å². The third-order valence-corrected chi connectivity index (χ3v) is 4.71. The summed E-state index contributed by atoms with van der Waals surface area (Å²) in [5.74, 6) is 1.83. The Morgan fingerprint density at radius 3 is 2.22 bits per heavy atom. The van der Waals surface area contributed by atoms with Gasteiger partial charge in [-0.25, -0.2) is 4.99 Å². The number of nitrogens with zero attached hydrogens (tertiary/aromatic N) is 2. The lowest BCUT2D eigenvalue weighted by Crippen LogP contribution is -2.29. The zero-order valence-corrected chi connectivity index (χ0v) is 16.4. The van der Waals surface area contributed by atoms with Crippen LogP contribution in [0, 0.1) is 0 Å². The number of amidine groups is 1. The molecule has 0 fully saturated rings. The molecule has 3 rings (SSSR count). The summed E-state index contributed by atoms with van der Waals surface area (Å²) in [5, 5.41) is 0.615. The van der Waals surface area contributed by atoms with Crippen LogP contribution in [-0.2, 0) is 4.79 Å². The molecule has 27 heavy (non-hydrogen) atoms. The highest BCUT2D eigenvalue weighted by molar-refractivity contribution is 8.13. The molecule has 0 atom stereocenters. The van der Waals surface area contributed by atoms with Crippen molar-refractivity contribution in [1.29, 1.82) is 0 Å². The second-order valence-corrected chi connectivity index (χ2v) is 6.35. The van der Waals surface area contributed by atoms with Crippen molar-refractivity contribution in [1.82, 2.24) is 0 Å². The SMILES string of the molecule is COc1ccc(N2C(=O)/C(=C/c3ccc(OC)cc3OC)N=C2SC)cc1. The third kappa shape index (κ3) is 3.78. The van der Waals surface area contributed by atoms with Crippen molar-refractivity contribution < 1.29 is 19.0 Å². The van der Waals surface area contributed by atoms with Gasteiger partial charge in [0.1, 0.15) is 22.9 Å². The number of aliphatic imine (C=N–C) groups is 1. The molecule has 0 N–H and O–H groups in total. The van der Waals surface area contributed by atoms with Gasteiger partial charge in [0, 0.05) is 11.6 Å². The predicted octanol–water partition coefficient (Wildman–Crippen LogP) is 3.82. The van der Waals surface area contributed by atoms with Gasteiger partial charge in [0.25, 0.3) is 5.91 Å². The second-order valence-electron chi connectivity index (χ2n) is 5.57. The Kier molecular flexibility index (Phi) is 5.71. The first-order valence-corrected chi connectivity index (χ1v) is 9.38. The fourth-order valence-corrected chi connectivity index (χ4v) is 3.24. The van der Waals surface area contributed by atoms with Crippen LogP contribution in [0.2, 0.25) is 0 Å². The van der Waals surface area contributed by atoms with Gasteiger partial charge in [0.2, 0.25) is 0 Å². The highest BCUT2D eigenvalue weighted by Gasteiger charge is 2.31. The molecule has 1 amide bonds. The highest BCUT2D eigenvalue weighted by atomic mass is 32.2. The van der Waals surface area contributed by atoms with Crippen LogP contribution in [0.3, 0.4) is 0 Å². The molecule has 7 heteroatoms. The number of carbonyl (C=O) groups excluding carboxylic acids is 1. The number of hydrogen-bond acceptors (Lipinski definition) is 6. The number of rotatable bonds is 5. The number of anilines is 1. The summed E-state index contributed by atoms with van der Waals surface area (Å²) in [7, 11) is 4.77. The number of methoxy groups -OCH3 is 3. The summed E-state index contributed by atoms with van der Waals surface area (Å²) in [6.07, 6.45) is 3.61. The van der Waals surface area contributed by atoms with Crippen LogP contribution in [0.25, 0.3) is 6.08 Å². The monoisotopic (exact) mass is 384 g/mol. The standard InChI is InChI=1S/C20H20N2O4S/c1-24-15-9-6-14(7-10-15)22-19(23)17(21-20(22)27-4)11-13-5-8-16(25-2)12-18(13)26-3/h5-12H,1-4H3/b17-11-. The quantitative estimate of drug-likeness (QED) is 0.734. The van der Waals surface area contributed by atoms with Crippen molar-refractivity contribution in [3.8, 4) is 17.2 Å². The van der Waals surface area contributed by atoms with Gasteiger partial charge in [-0.05, 0) is 48.7 Å². The first-order valence-electron chi connectivity index (χ1n) is 8.16. The van der Waals surface area contributed by atoms with Gasteiger partial charge in [0.15, 0.2) is 5.17 Å². The van der Waals surface area contributed by atoms with E-state index in [9.17, 15) is 4.79 Å². The Balaban J connectivity index is 1.97. The Morgan fingerprint density at radius 2 is 1.63 bits per heavy atom. The number of amides is 1. The molecule has 1 aliphatic rings. The second kappa shape index (κ2) is 8.18. The summed E-state index contributed by atoms with van der Waals surface area (Å²) in [4.78, 5) is 19.1. The average Bonchev–Trinajstić information content (AvgIpc) is 3.03. The van der Waals surface area contributed by atoms with E-state index in [0.29, 0.717) is 22.4 Å².